The highest BCUT2D eigenvalue weighted by Gasteiger charge is 2.31. The van der Waals surface area contributed by atoms with Crippen molar-refractivity contribution in [3.8, 4) is 0 Å². The van der Waals surface area contributed by atoms with Crippen LogP contribution >= 0.6 is 0 Å². The van der Waals surface area contributed by atoms with Crippen LogP contribution in [0.2, 0.25) is 0 Å². The Balaban J connectivity index is 1.66. The third kappa shape index (κ3) is 4.24. The van der Waals surface area contributed by atoms with Gasteiger partial charge in [0.15, 0.2) is 0 Å². The Morgan fingerprint density at radius 1 is 1.12 bits per heavy atom. The van der Waals surface area contributed by atoms with Gasteiger partial charge in [-0.15, -0.1) is 0 Å². The van der Waals surface area contributed by atoms with Crippen molar-refractivity contribution in [3.63, 3.8) is 0 Å². The van der Waals surface area contributed by atoms with E-state index in [9.17, 15) is 18.5 Å². The summed E-state index contributed by atoms with van der Waals surface area (Å²) in [4.78, 5) is 12.8. The van der Waals surface area contributed by atoms with Gasteiger partial charge in [-0.3, -0.25) is 10.1 Å². The lowest BCUT2D eigenvalue weighted by Crippen LogP contribution is -2.49. The highest BCUT2D eigenvalue weighted by atomic mass is 32.2. The Morgan fingerprint density at radius 3 is 2.38 bits per heavy atom. The zero-order chi connectivity index (χ0) is 18.7. The lowest BCUT2D eigenvalue weighted by Gasteiger charge is -2.36. The van der Waals surface area contributed by atoms with Crippen molar-refractivity contribution in [1.82, 2.24) is 9.21 Å². The second-order valence-corrected chi connectivity index (χ2v) is 9.32. The molecule has 0 N–H and O–H groups in total. The van der Waals surface area contributed by atoms with Gasteiger partial charge in [0.2, 0.25) is 10.0 Å². The van der Waals surface area contributed by atoms with Gasteiger partial charge in [0.05, 0.1) is 9.82 Å². The molecule has 1 aliphatic carbocycles. The summed E-state index contributed by atoms with van der Waals surface area (Å²) in [5, 5.41) is 11.0. The van der Waals surface area contributed by atoms with Crippen molar-refractivity contribution < 1.29 is 13.3 Å². The number of aryl methyl sites for hydroxylation is 1. The van der Waals surface area contributed by atoms with Gasteiger partial charge in [-0.1, -0.05) is 25.3 Å². The van der Waals surface area contributed by atoms with Gasteiger partial charge < -0.3 is 4.90 Å². The molecule has 1 heterocycles. The number of benzene rings is 1. The van der Waals surface area contributed by atoms with E-state index in [0.717, 1.165) is 25.6 Å². The van der Waals surface area contributed by atoms with Crippen molar-refractivity contribution in [2.24, 2.45) is 5.92 Å². The molecule has 2 aliphatic rings. The van der Waals surface area contributed by atoms with Gasteiger partial charge in [-0.05, 0) is 31.2 Å². The molecule has 1 aromatic rings. The van der Waals surface area contributed by atoms with Crippen LogP contribution in [-0.2, 0) is 10.0 Å². The molecule has 0 spiro atoms. The minimum atomic E-state index is -3.70. The lowest BCUT2D eigenvalue weighted by atomic mass is 9.89. The van der Waals surface area contributed by atoms with E-state index in [1.165, 1.54) is 54.6 Å². The summed E-state index contributed by atoms with van der Waals surface area (Å²) in [6.45, 7) is 5.07. The Hall–Kier alpha value is -1.51. The Morgan fingerprint density at radius 2 is 1.77 bits per heavy atom. The number of nitrogens with zero attached hydrogens (tertiary/aromatic N) is 3. The van der Waals surface area contributed by atoms with Crippen molar-refractivity contribution in [2.45, 2.75) is 43.9 Å². The molecule has 1 aromatic carbocycles. The van der Waals surface area contributed by atoms with Crippen LogP contribution in [0.5, 0.6) is 0 Å². The fourth-order valence-corrected chi connectivity index (χ4v) is 5.67. The highest BCUT2D eigenvalue weighted by Crippen LogP contribution is 2.27. The standard InChI is InChI=1S/C18H27N3O4S/c1-15-7-8-17(21(22)23)13-18(15)26(24,25)20-11-9-19(10-12-20)14-16-5-3-2-4-6-16/h7-8,13,16H,2-6,9-12,14H2,1H3. The topological polar surface area (TPSA) is 83.8 Å². The van der Waals surface area contributed by atoms with Crippen LogP contribution < -0.4 is 0 Å². The van der Waals surface area contributed by atoms with Crippen molar-refractivity contribution in [2.75, 3.05) is 32.7 Å². The third-order valence-electron chi connectivity index (χ3n) is 5.57. The monoisotopic (exact) mass is 381 g/mol. The fourth-order valence-electron chi connectivity index (χ4n) is 4.01. The normalized spacial score (nSPS) is 21.0. The molecule has 1 saturated heterocycles. The first-order chi connectivity index (χ1) is 12.4. The van der Waals surface area contributed by atoms with Crippen LogP contribution in [0.4, 0.5) is 5.69 Å². The average molecular weight is 381 g/mol. The zero-order valence-corrected chi connectivity index (χ0v) is 16.1. The first-order valence-electron chi connectivity index (χ1n) is 9.35. The molecular formula is C18H27N3O4S. The largest absolute Gasteiger partial charge is 0.300 e. The minimum Gasteiger partial charge on any atom is -0.300 e. The number of rotatable bonds is 5. The van der Waals surface area contributed by atoms with E-state index < -0.39 is 14.9 Å². The molecule has 0 aromatic heterocycles. The van der Waals surface area contributed by atoms with E-state index in [0.29, 0.717) is 18.7 Å². The maximum absolute atomic E-state index is 13.0. The van der Waals surface area contributed by atoms with E-state index in [1.54, 1.807) is 6.92 Å². The van der Waals surface area contributed by atoms with Crippen LogP contribution in [-0.4, -0.2) is 55.3 Å². The van der Waals surface area contributed by atoms with Gasteiger partial charge >= 0.3 is 0 Å². The predicted molar refractivity (Wildman–Crippen MR) is 99.6 cm³/mol. The Bertz CT molecular complexity index is 752. The summed E-state index contributed by atoms with van der Waals surface area (Å²) in [6, 6.07) is 4.03. The molecule has 7 nitrogen and oxygen atoms in total. The van der Waals surface area contributed by atoms with Crippen molar-refractivity contribution in [3.05, 3.63) is 33.9 Å². The molecule has 3 rings (SSSR count). The number of hydrogen-bond acceptors (Lipinski definition) is 5. The number of sulfonamides is 1. The molecule has 8 heteroatoms. The maximum atomic E-state index is 13.0. The van der Waals surface area contributed by atoms with Crippen LogP contribution in [0.25, 0.3) is 0 Å². The molecule has 2 fully saturated rings. The molecule has 26 heavy (non-hydrogen) atoms. The smallest absolute Gasteiger partial charge is 0.270 e. The van der Waals surface area contributed by atoms with E-state index in [1.807, 2.05) is 0 Å². The van der Waals surface area contributed by atoms with Crippen molar-refractivity contribution >= 4 is 15.7 Å². The van der Waals surface area contributed by atoms with Crippen LogP contribution in [0.1, 0.15) is 37.7 Å². The number of nitro benzene ring substituents is 1. The molecular weight excluding hydrogens is 354 g/mol. The molecule has 1 saturated carbocycles. The lowest BCUT2D eigenvalue weighted by molar-refractivity contribution is -0.385. The highest BCUT2D eigenvalue weighted by molar-refractivity contribution is 7.89. The molecule has 0 radical (unpaired) electrons. The minimum absolute atomic E-state index is 0.0485. The summed E-state index contributed by atoms with van der Waals surface area (Å²) in [5.41, 5.74) is 0.352. The van der Waals surface area contributed by atoms with E-state index in [4.69, 9.17) is 0 Å². The molecule has 0 unspecified atom stereocenters. The second kappa shape index (κ2) is 8.02. The van der Waals surface area contributed by atoms with Gasteiger partial charge in [-0.25, -0.2) is 8.42 Å². The number of hydrogen-bond donors (Lipinski definition) is 0. The summed E-state index contributed by atoms with van der Waals surface area (Å²) >= 11 is 0. The summed E-state index contributed by atoms with van der Waals surface area (Å²) in [6.07, 6.45) is 6.53. The number of piperazine rings is 1. The number of non-ortho nitro benzene ring substituents is 1. The average Bonchev–Trinajstić information content (AvgIpc) is 2.63. The molecule has 0 atom stereocenters. The molecule has 0 amide bonds. The Labute approximate surface area is 155 Å². The maximum Gasteiger partial charge on any atom is 0.270 e. The van der Waals surface area contributed by atoms with Gasteiger partial charge in [0.1, 0.15) is 0 Å². The zero-order valence-electron chi connectivity index (χ0n) is 15.3. The summed E-state index contributed by atoms with van der Waals surface area (Å²) in [5.74, 6) is 0.742. The molecule has 144 valence electrons. The second-order valence-electron chi connectivity index (χ2n) is 7.42. The molecule has 1 aliphatic heterocycles. The number of nitro groups is 1. The third-order valence-corrected chi connectivity index (χ3v) is 7.61. The quantitative estimate of drug-likeness (QED) is 0.578. The summed E-state index contributed by atoms with van der Waals surface area (Å²) in [7, 11) is -3.70. The Kier molecular flexibility index (Phi) is 5.94. The first-order valence-corrected chi connectivity index (χ1v) is 10.8. The fraction of sp³-hybridized carbons (Fsp3) is 0.667. The SMILES string of the molecule is Cc1ccc([N+](=O)[O-])cc1S(=O)(=O)N1CCN(CC2CCCCC2)CC1. The van der Waals surface area contributed by atoms with Crippen LogP contribution in [0.15, 0.2) is 23.1 Å². The van der Waals surface area contributed by atoms with E-state index >= 15 is 0 Å². The van der Waals surface area contributed by atoms with Crippen LogP contribution in [0, 0.1) is 23.0 Å². The first kappa shape index (κ1) is 19.3. The predicted octanol–water partition coefficient (Wildman–Crippen LogP) is 2.79. The van der Waals surface area contributed by atoms with Gasteiger partial charge in [-0.2, -0.15) is 4.31 Å². The van der Waals surface area contributed by atoms with E-state index in [-0.39, 0.29) is 10.6 Å². The summed E-state index contributed by atoms with van der Waals surface area (Å²) < 4.78 is 27.4. The van der Waals surface area contributed by atoms with Crippen molar-refractivity contribution in [1.29, 1.82) is 0 Å². The van der Waals surface area contributed by atoms with Gasteiger partial charge in [0, 0.05) is 44.9 Å². The van der Waals surface area contributed by atoms with E-state index in [2.05, 4.69) is 4.90 Å². The van der Waals surface area contributed by atoms with Gasteiger partial charge in [0.25, 0.3) is 5.69 Å². The molecule has 0 bridgehead atoms. The van der Waals surface area contributed by atoms with Crippen LogP contribution in [0.3, 0.4) is 0 Å².